The summed E-state index contributed by atoms with van der Waals surface area (Å²) in [5.74, 6) is 0.718. The molecule has 7 heteroatoms. The summed E-state index contributed by atoms with van der Waals surface area (Å²) in [5.41, 5.74) is 1.20. The molecule has 0 fully saturated rings. The van der Waals surface area contributed by atoms with Crippen molar-refractivity contribution in [1.29, 1.82) is 0 Å². The number of nitrogens with zero attached hydrogens (tertiary/aromatic N) is 2. The van der Waals surface area contributed by atoms with Crippen LogP contribution < -0.4 is 4.31 Å². The van der Waals surface area contributed by atoms with Crippen molar-refractivity contribution >= 4 is 39.1 Å². The van der Waals surface area contributed by atoms with Crippen molar-refractivity contribution in [1.82, 2.24) is 4.98 Å². The Kier molecular flexibility index (Phi) is 3.86. The molecule has 0 aliphatic carbocycles. The van der Waals surface area contributed by atoms with Crippen LogP contribution in [0.1, 0.15) is 5.56 Å². The summed E-state index contributed by atoms with van der Waals surface area (Å²) >= 11 is 7.70. The average molecular weight is 341 g/mol. The molecule has 0 bridgehead atoms. The molecule has 0 spiro atoms. The van der Waals surface area contributed by atoms with E-state index >= 15 is 0 Å². The number of thioether (sulfide) groups is 1. The third-order valence-corrected chi connectivity index (χ3v) is 6.78. The lowest BCUT2D eigenvalue weighted by Gasteiger charge is -2.30. The summed E-state index contributed by atoms with van der Waals surface area (Å²) in [4.78, 5) is 5.23. The molecule has 21 heavy (non-hydrogen) atoms. The first-order valence-corrected chi connectivity index (χ1v) is 9.17. The standard InChI is InChI=1S/C14H13ClN2O2S2/c1-10-11(15)3-2-4-14(10)21(18,19)17-7-8-20-13-5-6-16-9-12(13)17/h2-6,9H,7-8H2,1H3. The second-order valence-electron chi connectivity index (χ2n) is 4.63. The van der Waals surface area contributed by atoms with Crippen molar-refractivity contribution in [3.05, 3.63) is 47.2 Å². The highest BCUT2D eigenvalue weighted by atomic mass is 35.5. The lowest BCUT2D eigenvalue weighted by atomic mass is 10.2. The van der Waals surface area contributed by atoms with Gasteiger partial charge in [-0.05, 0) is 30.7 Å². The van der Waals surface area contributed by atoms with Crippen LogP contribution in [0.3, 0.4) is 0 Å². The summed E-state index contributed by atoms with van der Waals surface area (Å²) in [6, 6.07) is 6.78. The molecule has 0 N–H and O–H groups in total. The zero-order valence-corrected chi connectivity index (χ0v) is 13.7. The van der Waals surface area contributed by atoms with Crippen LogP contribution in [0.2, 0.25) is 5.02 Å². The molecule has 2 aromatic rings. The third kappa shape index (κ3) is 2.52. The fourth-order valence-electron chi connectivity index (χ4n) is 2.28. The molecule has 0 saturated carbocycles. The Morgan fingerprint density at radius 2 is 2.14 bits per heavy atom. The van der Waals surface area contributed by atoms with Gasteiger partial charge in [-0.1, -0.05) is 17.7 Å². The van der Waals surface area contributed by atoms with Crippen molar-refractivity contribution in [3.63, 3.8) is 0 Å². The van der Waals surface area contributed by atoms with E-state index in [2.05, 4.69) is 4.98 Å². The molecule has 1 aromatic carbocycles. The van der Waals surface area contributed by atoms with Crippen LogP contribution in [0.15, 0.2) is 46.5 Å². The number of rotatable bonds is 2. The van der Waals surface area contributed by atoms with Gasteiger partial charge in [-0.25, -0.2) is 8.42 Å². The van der Waals surface area contributed by atoms with Gasteiger partial charge in [-0.15, -0.1) is 11.8 Å². The smallest absolute Gasteiger partial charge is 0.263 e. The number of halogens is 1. The second kappa shape index (κ2) is 5.51. The molecule has 4 nitrogen and oxygen atoms in total. The van der Waals surface area contributed by atoms with Gasteiger partial charge in [0.2, 0.25) is 0 Å². The molecule has 0 unspecified atom stereocenters. The Balaban J connectivity index is 2.14. The van der Waals surface area contributed by atoms with Gasteiger partial charge >= 0.3 is 0 Å². The monoisotopic (exact) mass is 340 g/mol. The van der Waals surface area contributed by atoms with Crippen molar-refractivity contribution in [2.24, 2.45) is 0 Å². The second-order valence-corrected chi connectivity index (χ2v) is 8.01. The summed E-state index contributed by atoms with van der Waals surface area (Å²) in [5, 5.41) is 0.453. The number of hydrogen-bond donors (Lipinski definition) is 0. The van der Waals surface area contributed by atoms with Crippen molar-refractivity contribution < 1.29 is 8.42 Å². The largest absolute Gasteiger partial charge is 0.264 e. The minimum Gasteiger partial charge on any atom is -0.263 e. The number of anilines is 1. The maximum absolute atomic E-state index is 13.0. The third-order valence-electron chi connectivity index (χ3n) is 3.37. The topological polar surface area (TPSA) is 50.3 Å². The molecule has 2 heterocycles. The summed E-state index contributed by atoms with van der Waals surface area (Å²) in [6.45, 7) is 2.15. The van der Waals surface area contributed by atoms with Gasteiger partial charge in [-0.2, -0.15) is 0 Å². The zero-order valence-electron chi connectivity index (χ0n) is 11.3. The van der Waals surface area contributed by atoms with Gasteiger partial charge in [0.05, 0.1) is 16.8 Å². The molecule has 1 aliphatic heterocycles. The van der Waals surface area contributed by atoms with Gasteiger partial charge in [0.15, 0.2) is 0 Å². The predicted octanol–water partition coefficient (Wildman–Crippen LogP) is 3.34. The molecule has 0 saturated heterocycles. The molecular weight excluding hydrogens is 328 g/mol. The lowest BCUT2D eigenvalue weighted by Crippen LogP contribution is -2.35. The highest BCUT2D eigenvalue weighted by Gasteiger charge is 2.31. The summed E-state index contributed by atoms with van der Waals surface area (Å²) in [7, 11) is -3.63. The molecule has 0 amide bonds. The van der Waals surface area contributed by atoms with E-state index in [1.807, 2.05) is 6.07 Å². The van der Waals surface area contributed by atoms with Gasteiger partial charge in [0, 0.05) is 28.4 Å². The lowest BCUT2D eigenvalue weighted by molar-refractivity contribution is 0.590. The summed E-state index contributed by atoms with van der Waals surface area (Å²) < 4.78 is 27.3. The van der Waals surface area contributed by atoms with Crippen LogP contribution in [0.5, 0.6) is 0 Å². The molecule has 0 atom stereocenters. The maximum atomic E-state index is 13.0. The Morgan fingerprint density at radius 3 is 2.95 bits per heavy atom. The van der Waals surface area contributed by atoms with E-state index in [1.165, 1.54) is 4.31 Å². The minimum absolute atomic E-state index is 0.247. The number of pyridine rings is 1. The van der Waals surface area contributed by atoms with E-state index < -0.39 is 10.0 Å². The molecule has 0 radical (unpaired) electrons. The molecule has 3 rings (SSSR count). The fourth-order valence-corrected chi connectivity index (χ4v) is 5.36. The molecule has 1 aromatic heterocycles. The Labute approximate surface area is 133 Å². The maximum Gasteiger partial charge on any atom is 0.264 e. The van der Waals surface area contributed by atoms with E-state index in [1.54, 1.807) is 49.3 Å². The van der Waals surface area contributed by atoms with Crippen LogP contribution in [-0.4, -0.2) is 25.7 Å². The normalized spacial score (nSPS) is 14.9. The Bertz CT molecular complexity index is 793. The van der Waals surface area contributed by atoms with Gasteiger partial charge in [0.25, 0.3) is 10.0 Å². The predicted molar refractivity (Wildman–Crippen MR) is 85.7 cm³/mol. The number of benzene rings is 1. The van der Waals surface area contributed by atoms with Gasteiger partial charge in [0.1, 0.15) is 0 Å². The summed E-state index contributed by atoms with van der Waals surface area (Å²) in [6.07, 6.45) is 3.27. The number of fused-ring (bicyclic) bond motifs is 1. The Hall–Kier alpha value is -1.24. The molecule has 110 valence electrons. The quantitative estimate of drug-likeness (QED) is 0.841. The van der Waals surface area contributed by atoms with Crippen LogP contribution in [0.4, 0.5) is 5.69 Å². The number of sulfonamides is 1. The van der Waals surface area contributed by atoms with E-state index in [4.69, 9.17) is 11.6 Å². The molecule has 1 aliphatic rings. The Morgan fingerprint density at radius 1 is 1.33 bits per heavy atom. The van der Waals surface area contributed by atoms with E-state index in [0.29, 0.717) is 22.8 Å². The van der Waals surface area contributed by atoms with Crippen LogP contribution in [0, 0.1) is 6.92 Å². The average Bonchev–Trinajstić information content (AvgIpc) is 2.49. The number of hydrogen-bond acceptors (Lipinski definition) is 4. The van der Waals surface area contributed by atoms with Crippen molar-refractivity contribution in [2.45, 2.75) is 16.7 Å². The van der Waals surface area contributed by atoms with Crippen molar-refractivity contribution in [2.75, 3.05) is 16.6 Å². The highest BCUT2D eigenvalue weighted by Crippen LogP contribution is 2.37. The van der Waals surface area contributed by atoms with Crippen LogP contribution in [-0.2, 0) is 10.0 Å². The molecular formula is C14H13ClN2O2S2. The highest BCUT2D eigenvalue weighted by molar-refractivity contribution is 8.00. The van der Waals surface area contributed by atoms with Gasteiger partial charge in [-0.3, -0.25) is 9.29 Å². The minimum atomic E-state index is -3.63. The first kappa shape index (κ1) is 14.7. The zero-order chi connectivity index (χ0) is 15.0. The van der Waals surface area contributed by atoms with Crippen LogP contribution in [0.25, 0.3) is 0 Å². The fraction of sp³-hybridized carbons (Fsp3) is 0.214. The van der Waals surface area contributed by atoms with E-state index in [0.717, 1.165) is 10.6 Å². The van der Waals surface area contributed by atoms with E-state index in [9.17, 15) is 8.42 Å². The van der Waals surface area contributed by atoms with E-state index in [-0.39, 0.29) is 4.90 Å². The first-order valence-electron chi connectivity index (χ1n) is 6.36. The van der Waals surface area contributed by atoms with Gasteiger partial charge < -0.3 is 0 Å². The van der Waals surface area contributed by atoms with Crippen molar-refractivity contribution in [3.8, 4) is 0 Å². The SMILES string of the molecule is Cc1c(Cl)cccc1S(=O)(=O)N1CCSc2ccncc21. The number of aromatic nitrogens is 1. The van der Waals surface area contributed by atoms with Crippen LogP contribution >= 0.6 is 23.4 Å². The first-order chi connectivity index (χ1) is 10.0.